The summed E-state index contributed by atoms with van der Waals surface area (Å²) in [5, 5.41) is 8.88. The van der Waals surface area contributed by atoms with Gasteiger partial charge in [-0.15, -0.1) is 0 Å². The van der Waals surface area contributed by atoms with Gasteiger partial charge in [-0.25, -0.2) is 9.59 Å². The largest absolute Gasteiger partial charge is 0.478 e. The molecule has 26 heavy (non-hydrogen) atoms. The number of ether oxygens (including phenoxy) is 1. The fourth-order valence-electron chi connectivity index (χ4n) is 3.23. The number of aliphatic carboxylic acids is 1. The lowest BCUT2D eigenvalue weighted by Gasteiger charge is -2.32. The first kappa shape index (κ1) is 21.7. The average Bonchev–Trinajstić information content (AvgIpc) is 2.52. The van der Waals surface area contributed by atoms with Crippen molar-refractivity contribution in [1.82, 2.24) is 0 Å². The fraction of sp³-hybridized carbons (Fsp3) is 0.455. The second kappa shape index (κ2) is 9.37. The van der Waals surface area contributed by atoms with Crippen molar-refractivity contribution < 1.29 is 19.4 Å². The van der Waals surface area contributed by atoms with Crippen LogP contribution in [0.25, 0.3) is 0 Å². The molecule has 0 radical (unpaired) electrons. The molecule has 0 aliphatic heterocycles. The molecule has 1 aliphatic rings. The van der Waals surface area contributed by atoms with E-state index < -0.39 is 11.9 Å². The van der Waals surface area contributed by atoms with Gasteiger partial charge in [0.25, 0.3) is 0 Å². The lowest BCUT2D eigenvalue weighted by Crippen LogP contribution is -2.19. The van der Waals surface area contributed by atoms with Crippen LogP contribution in [0.2, 0.25) is 0 Å². The van der Waals surface area contributed by atoms with Crippen LogP contribution >= 0.6 is 0 Å². The van der Waals surface area contributed by atoms with Gasteiger partial charge in [0.15, 0.2) is 0 Å². The minimum Gasteiger partial charge on any atom is -0.478 e. The predicted octanol–water partition coefficient (Wildman–Crippen LogP) is 5.15. The molecule has 1 rings (SSSR count). The molecule has 0 spiro atoms. The van der Waals surface area contributed by atoms with Gasteiger partial charge in [0.1, 0.15) is 0 Å². The van der Waals surface area contributed by atoms with Crippen LogP contribution in [0.5, 0.6) is 0 Å². The highest BCUT2D eigenvalue weighted by molar-refractivity contribution is 5.96. The lowest BCUT2D eigenvalue weighted by molar-refractivity contribution is -0.135. The minimum atomic E-state index is -1.10. The third kappa shape index (κ3) is 6.17. The van der Waals surface area contributed by atoms with Crippen molar-refractivity contribution in [3.05, 3.63) is 58.2 Å². The molecule has 0 heterocycles. The van der Waals surface area contributed by atoms with Crippen LogP contribution in [0.15, 0.2) is 58.2 Å². The van der Waals surface area contributed by atoms with E-state index in [2.05, 4.69) is 26.8 Å². The molecule has 0 fully saturated rings. The summed E-state index contributed by atoms with van der Waals surface area (Å²) >= 11 is 0. The SMILES string of the molecule is COC(=O)C(=C\C=C(C)\C=C\C1=C(C)CCCC1(C)C)/C(C)=C\C(=O)O. The first-order chi connectivity index (χ1) is 12.1. The molecule has 0 atom stereocenters. The van der Waals surface area contributed by atoms with E-state index >= 15 is 0 Å². The molecule has 0 unspecified atom stereocenters. The second-order valence-corrected chi connectivity index (χ2v) is 7.41. The third-order valence-corrected chi connectivity index (χ3v) is 4.74. The first-order valence-electron chi connectivity index (χ1n) is 8.85. The van der Waals surface area contributed by atoms with Crippen molar-refractivity contribution in [2.24, 2.45) is 5.41 Å². The average molecular weight is 358 g/mol. The van der Waals surface area contributed by atoms with Gasteiger partial charge in [0, 0.05) is 6.08 Å². The minimum absolute atomic E-state index is 0.174. The number of rotatable bonds is 6. The molecule has 0 aromatic heterocycles. The van der Waals surface area contributed by atoms with E-state index in [-0.39, 0.29) is 11.0 Å². The van der Waals surface area contributed by atoms with Gasteiger partial charge in [-0.05, 0) is 62.7 Å². The lowest BCUT2D eigenvalue weighted by atomic mass is 9.72. The van der Waals surface area contributed by atoms with E-state index in [1.165, 1.54) is 31.1 Å². The van der Waals surface area contributed by atoms with Crippen LogP contribution in [-0.2, 0) is 14.3 Å². The van der Waals surface area contributed by atoms with Crippen molar-refractivity contribution in [3.63, 3.8) is 0 Å². The molecule has 1 N–H and O–H groups in total. The Morgan fingerprint density at radius 3 is 2.38 bits per heavy atom. The van der Waals surface area contributed by atoms with Crippen LogP contribution in [0, 0.1) is 5.41 Å². The predicted molar refractivity (Wildman–Crippen MR) is 105 cm³/mol. The van der Waals surface area contributed by atoms with Crippen molar-refractivity contribution >= 4 is 11.9 Å². The van der Waals surface area contributed by atoms with Crippen molar-refractivity contribution in [1.29, 1.82) is 0 Å². The van der Waals surface area contributed by atoms with E-state index in [9.17, 15) is 9.59 Å². The van der Waals surface area contributed by atoms with Crippen molar-refractivity contribution in [2.75, 3.05) is 7.11 Å². The van der Waals surface area contributed by atoms with Gasteiger partial charge in [-0.1, -0.05) is 43.2 Å². The normalized spacial score (nSPS) is 19.1. The molecule has 0 saturated carbocycles. The zero-order valence-electron chi connectivity index (χ0n) is 16.7. The summed E-state index contributed by atoms with van der Waals surface area (Å²) < 4.78 is 4.75. The zero-order chi connectivity index (χ0) is 19.9. The van der Waals surface area contributed by atoms with Gasteiger partial charge in [-0.2, -0.15) is 0 Å². The summed E-state index contributed by atoms with van der Waals surface area (Å²) in [7, 11) is 1.28. The Balaban J connectivity index is 3.11. The standard InChI is InChI=1S/C22H30O4/c1-15(10-12-19-16(2)8-7-13-22(19,4)5)9-11-18(21(25)26-6)17(3)14-20(23)24/h9-12,14H,7-8,13H2,1-6H3,(H,23,24)/b12-10+,15-9+,17-14-,18-11-. The second-order valence-electron chi connectivity index (χ2n) is 7.41. The molecule has 0 saturated heterocycles. The highest BCUT2D eigenvalue weighted by atomic mass is 16.5. The zero-order valence-corrected chi connectivity index (χ0v) is 16.7. The summed E-state index contributed by atoms with van der Waals surface area (Å²) in [5.41, 5.74) is 4.52. The monoisotopic (exact) mass is 358 g/mol. The van der Waals surface area contributed by atoms with Crippen molar-refractivity contribution in [2.45, 2.75) is 53.9 Å². The van der Waals surface area contributed by atoms with Crippen LogP contribution in [0.1, 0.15) is 53.9 Å². The molecule has 4 heteroatoms. The van der Waals surface area contributed by atoms with Gasteiger partial charge < -0.3 is 9.84 Å². The van der Waals surface area contributed by atoms with Gasteiger partial charge >= 0.3 is 11.9 Å². The molecule has 0 aromatic carbocycles. The Bertz CT molecular complexity index is 712. The highest BCUT2D eigenvalue weighted by Gasteiger charge is 2.26. The molecular weight excluding hydrogens is 328 g/mol. The summed E-state index contributed by atoms with van der Waals surface area (Å²) in [6, 6.07) is 0. The van der Waals surface area contributed by atoms with E-state index in [4.69, 9.17) is 9.84 Å². The maximum absolute atomic E-state index is 11.9. The van der Waals surface area contributed by atoms with Gasteiger partial charge in [-0.3, -0.25) is 0 Å². The van der Waals surface area contributed by atoms with E-state index in [0.717, 1.165) is 18.1 Å². The number of hydrogen-bond acceptors (Lipinski definition) is 3. The molecule has 0 aromatic rings. The number of esters is 1. The van der Waals surface area contributed by atoms with Gasteiger partial charge in [0.05, 0.1) is 12.7 Å². The highest BCUT2D eigenvalue weighted by Crippen LogP contribution is 2.40. The Hall–Kier alpha value is -2.36. The maximum Gasteiger partial charge on any atom is 0.338 e. The van der Waals surface area contributed by atoms with Crippen LogP contribution in [0.3, 0.4) is 0 Å². The molecule has 142 valence electrons. The molecule has 1 aliphatic carbocycles. The molecular formula is C22H30O4. The number of methoxy groups -OCH3 is 1. The van der Waals surface area contributed by atoms with Crippen LogP contribution < -0.4 is 0 Å². The van der Waals surface area contributed by atoms with Crippen LogP contribution in [-0.4, -0.2) is 24.2 Å². The molecule has 0 amide bonds. The smallest absolute Gasteiger partial charge is 0.338 e. The Morgan fingerprint density at radius 2 is 1.85 bits per heavy atom. The molecule has 0 bridgehead atoms. The van der Waals surface area contributed by atoms with Gasteiger partial charge in [0.2, 0.25) is 0 Å². The number of allylic oxidation sites excluding steroid dienone is 7. The first-order valence-corrected chi connectivity index (χ1v) is 8.85. The van der Waals surface area contributed by atoms with E-state index in [0.29, 0.717) is 5.57 Å². The maximum atomic E-state index is 11.9. The van der Waals surface area contributed by atoms with Crippen LogP contribution in [0.4, 0.5) is 0 Å². The topological polar surface area (TPSA) is 63.6 Å². The summed E-state index contributed by atoms with van der Waals surface area (Å²) in [6.07, 6.45) is 12.1. The molecule has 4 nitrogen and oxygen atoms in total. The Kier molecular flexibility index (Phi) is 7.81. The summed E-state index contributed by atoms with van der Waals surface area (Å²) in [4.78, 5) is 22.7. The number of carboxylic acid groups (broad SMARTS) is 1. The third-order valence-electron chi connectivity index (χ3n) is 4.74. The fourth-order valence-corrected chi connectivity index (χ4v) is 3.23. The summed E-state index contributed by atoms with van der Waals surface area (Å²) in [5.74, 6) is -1.65. The van der Waals surface area contributed by atoms with E-state index in [1.54, 1.807) is 19.1 Å². The number of carboxylic acids is 1. The number of carbonyl (C=O) groups is 2. The van der Waals surface area contributed by atoms with E-state index in [1.807, 2.05) is 13.0 Å². The Labute approximate surface area is 156 Å². The summed E-state index contributed by atoms with van der Waals surface area (Å²) in [6.45, 7) is 10.3. The van der Waals surface area contributed by atoms with Crippen molar-refractivity contribution in [3.8, 4) is 0 Å². The Morgan fingerprint density at radius 1 is 1.19 bits per heavy atom. The number of hydrogen-bond donors (Lipinski definition) is 1. The number of carbonyl (C=O) groups excluding carboxylic acids is 1. The quantitative estimate of drug-likeness (QED) is 0.405.